The summed E-state index contributed by atoms with van der Waals surface area (Å²) in [5.74, 6) is 1.44. The van der Waals surface area contributed by atoms with Gasteiger partial charge >= 0.3 is 0 Å². The fraction of sp³-hybridized carbons (Fsp3) is 0.900. The lowest BCUT2D eigenvalue weighted by Crippen LogP contribution is -2.23. The van der Waals surface area contributed by atoms with E-state index in [-0.39, 0.29) is 0 Å². The number of ether oxygens (including phenoxy) is 1. The van der Waals surface area contributed by atoms with Crippen LogP contribution in [0.4, 0.5) is 0 Å². The van der Waals surface area contributed by atoms with Crippen molar-refractivity contribution in [3.63, 3.8) is 0 Å². The molecule has 6 nitrogen and oxygen atoms in total. The molecule has 1 fully saturated rings. The van der Waals surface area contributed by atoms with Crippen LogP contribution < -0.4 is 5.32 Å². The molecule has 2 atom stereocenters. The zero-order valence-electron chi connectivity index (χ0n) is 9.89. The van der Waals surface area contributed by atoms with Gasteiger partial charge in [0.15, 0.2) is 5.82 Å². The number of nitrogens with one attached hydrogen (secondary N) is 1. The molecule has 1 aliphatic heterocycles. The minimum atomic E-state index is 0.311. The monoisotopic (exact) mass is 225 g/mol. The number of tetrazole rings is 1. The van der Waals surface area contributed by atoms with Gasteiger partial charge in [-0.1, -0.05) is 6.92 Å². The first kappa shape index (κ1) is 11.5. The Morgan fingerprint density at radius 2 is 2.50 bits per heavy atom. The summed E-state index contributed by atoms with van der Waals surface area (Å²) < 4.78 is 7.32. The molecule has 6 heteroatoms. The first-order valence-corrected chi connectivity index (χ1v) is 5.88. The fourth-order valence-electron chi connectivity index (χ4n) is 2.01. The third kappa shape index (κ3) is 2.38. The molecular weight excluding hydrogens is 206 g/mol. The van der Waals surface area contributed by atoms with E-state index in [1.165, 1.54) is 0 Å². The van der Waals surface area contributed by atoms with E-state index >= 15 is 0 Å². The van der Waals surface area contributed by atoms with Crippen molar-refractivity contribution in [3.8, 4) is 0 Å². The fourth-order valence-corrected chi connectivity index (χ4v) is 2.01. The lowest BCUT2D eigenvalue weighted by molar-refractivity contribution is 0.172. The van der Waals surface area contributed by atoms with Crippen molar-refractivity contribution >= 4 is 0 Å². The van der Waals surface area contributed by atoms with Gasteiger partial charge in [0.25, 0.3) is 0 Å². The van der Waals surface area contributed by atoms with Gasteiger partial charge in [-0.15, -0.1) is 5.10 Å². The highest BCUT2D eigenvalue weighted by Crippen LogP contribution is 2.25. The van der Waals surface area contributed by atoms with Gasteiger partial charge in [-0.2, -0.15) is 0 Å². The van der Waals surface area contributed by atoms with Crippen molar-refractivity contribution in [1.29, 1.82) is 0 Å². The van der Waals surface area contributed by atoms with E-state index in [1.807, 2.05) is 4.68 Å². The van der Waals surface area contributed by atoms with Crippen LogP contribution in [-0.4, -0.2) is 40.0 Å². The maximum absolute atomic E-state index is 5.40. The van der Waals surface area contributed by atoms with Crippen molar-refractivity contribution < 1.29 is 4.74 Å². The summed E-state index contributed by atoms with van der Waals surface area (Å²) in [5.41, 5.74) is 0. The first-order valence-electron chi connectivity index (χ1n) is 5.88. The van der Waals surface area contributed by atoms with Crippen molar-refractivity contribution in [2.45, 2.75) is 32.9 Å². The summed E-state index contributed by atoms with van der Waals surface area (Å²) in [6.45, 7) is 7.56. The molecule has 0 bridgehead atoms. The van der Waals surface area contributed by atoms with E-state index in [0.717, 1.165) is 38.5 Å². The predicted molar refractivity (Wildman–Crippen MR) is 58.8 cm³/mol. The molecule has 1 N–H and O–H groups in total. The van der Waals surface area contributed by atoms with Crippen LogP contribution in [0.5, 0.6) is 0 Å². The van der Waals surface area contributed by atoms with Crippen LogP contribution in [-0.2, 0) is 11.3 Å². The van der Waals surface area contributed by atoms with Gasteiger partial charge in [-0.05, 0) is 30.3 Å². The van der Waals surface area contributed by atoms with Crippen molar-refractivity contribution in [3.05, 3.63) is 5.82 Å². The average molecular weight is 225 g/mol. The van der Waals surface area contributed by atoms with E-state index < -0.39 is 0 Å². The Balaban J connectivity index is 2.03. The summed E-state index contributed by atoms with van der Waals surface area (Å²) in [6.07, 6.45) is 1.10. The molecule has 2 rings (SSSR count). The topological polar surface area (TPSA) is 64.9 Å². The summed E-state index contributed by atoms with van der Waals surface area (Å²) in [7, 11) is 0. The minimum Gasteiger partial charge on any atom is -0.381 e. The van der Waals surface area contributed by atoms with Gasteiger partial charge in [-0.3, -0.25) is 0 Å². The summed E-state index contributed by atoms with van der Waals surface area (Å²) in [6, 6.07) is 0.311. The van der Waals surface area contributed by atoms with Gasteiger partial charge in [0.05, 0.1) is 19.2 Å². The Morgan fingerprint density at radius 3 is 3.19 bits per heavy atom. The summed E-state index contributed by atoms with van der Waals surface area (Å²) >= 11 is 0. The normalized spacial score (nSPS) is 22.5. The van der Waals surface area contributed by atoms with Crippen LogP contribution in [0.2, 0.25) is 0 Å². The van der Waals surface area contributed by atoms with Crippen molar-refractivity contribution in [1.82, 2.24) is 25.5 Å². The van der Waals surface area contributed by atoms with Crippen LogP contribution in [0, 0.1) is 5.92 Å². The molecule has 2 heterocycles. The molecule has 0 saturated carbocycles. The lowest BCUT2D eigenvalue weighted by atomic mass is 10.0. The molecule has 0 radical (unpaired) electrons. The van der Waals surface area contributed by atoms with Crippen LogP contribution in [0.1, 0.15) is 32.1 Å². The zero-order chi connectivity index (χ0) is 11.4. The quantitative estimate of drug-likeness (QED) is 0.785. The lowest BCUT2D eigenvalue weighted by Gasteiger charge is -2.18. The van der Waals surface area contributed by atoms with E-state index in [2.05, 4.69) is 34.7 Å². The Labute approximate surface area is 95.4 Å². The SMILES string of the molecule is CCNCc1nnnn1C(C)C1CCOC1. The molecule has 90 valence electrons. The van der Waals surface area contributed by atoms with Crippen molar-refractivity contribution in [2.75, 3.05) is 19.8 Å². The number of aromatic nitrogens is 4. The highest BCUT2D eigenvalue weighted by molar-refractivity contribution is 4.86. The van der Waals surface area contributed by atoms with Gasteiger partial charge < -0.3 is 10.1 Å². The molecule has 1 saturated heterocycles. The van der Waals surface area contributed by atoms with Crippen LogP contribution in [0.15, 0.2) is 0 Å². The molecule has 0 aliphatic carbocycles. The second-order valence-electron chi connectivity index (χ2n) is 4.18. The first-order chi connectivity index (χ1) is 7.83. The second kappa shape index (κ2) is 5.36. The van der Waals surface area contributed by atoms with E-state index in [9.17, 15) is 0 Å². The Hall–Kier alpha value is -1.01. The second-order valence-corrected chi connectivity index (χ2v) is 4.18. The maximum Gasteiger partial charge on any atom is 0.165 e. The largest absolute Gasteiger partial charge is 0.381 e. The predicted octanol–water partition coefficient (Wildman–Crippen LogP) is 0.380. The highest BCUT2D eigenvalue weighted by atomic mass is 16.5. The third-order valence-corrected chi connectivity index (χ3v) is 3.13. The van der Waals surface area contributed by atoms with Crippen LogP contribution in [0.3, 0.4) is 0 Å². The van der Waals surface area contributed by atoms with Crippen molar-refractivity contribution in [2.24, 2.45) is 5.92 Å². The average Bonchev–Trinajstić information content (AvgIpc) is 2.96. The maximum atomic E-state index is 5.40. The van der Waals surface area contributed by atoms with E-state index in [4.69, 9.17) is 4.74 Å². The van der Waals surface area contributed by atoms with Gasteiger partial charge in [0.1, 0.15) is 0 Å². The smallest absolute Gasteiger partial charge is 0.165 e. The van der Waals surface area contributed by atoms with Gasteiger partial charge in [-0.25, -0.2) is 4.68 Å². The van der Waals surface area contributed by atoms with Gasteiger partial charge in [0, 0.05) is 12.5 Å². The summed E-state index contributed by atoms with van der Waals surface area (Å²) in [5, 5.41) is 15.1. The number of hydrogen-bond acceptors (Lipinski definition) is 5. The van der Waals surface area contributed by atoms with Crippen LogP contribution >= 0.6 is 0 Å². The number of rotatable bonds is 5. The molecule has 0 amide bonds. The molecule has 2 unspecified atom stereocenters. The molecule has 0 aromatic carbocycles. The van der Waals surface area contributed by atoms with E-state index in [1.54, 1.807) is 0 Å². The molecule has 0 spiro atoms. The number of hydrogen-bond donors (Lipinski definition) is 1. The number of nitrogens with zero attached hydrogens (tertiary/aromatic N) is 4. The molecule has 1 aromatic heterocycles. The Bertz CT molecular complexity index is 321. The van der Waals surface area contributed by atoms with E-state index in [0.29, 0.717) is 12.0 Å². The molecule has 16 heavy (non-hydrogen) atoms. The molecule has 1 aliphatic rings. The summed E-state index contributed by atoms with van der Waals surface area (Å²) in [4.78, 5) is 0. The molecular formula is C10H19N5O. The minimum absolute atomic E-state index is 0.311. The third-order valence-electron chi connectivity index (χ3n) is 3.13. The van der Waals surface area contributed by atoms with Gasteiger partial charge in [0.2, 0.25) is 0 Å². The Kier molecular flexibility index (Phi) is 3.84. The molecule has 1 aromatic rings. The Morgan fingerprint density at radius 1 is 1.62 bits per heavy atom. The highest BCUT2D eigenvalue weighted by Gasteiger charge is 2.26. The zero-order valence-corrected chi connectivity index (χ0v) is 9.89. The standard InChI is InChI=1S/C10H19N5O/c1-3-11-6-10-12-13-14-15(10)8(2)9-4-5-16-7-9/h8-9,11H,3-7H2,1-2H3. The van der Waals surface area contributed by atoms with Crippen LogP contribution in [0.25, 0.3) is 0 Å².